The quantitative estimate of drug-likeness (QED) is 0.121. The molecule has 1 rings (SSSR count). The van der Waals surface area contributed by atoms with Gasteiger partial charge in [-0.15, -0.1) is 0 Å². The minimum absolute atomic E-state index is 0. The van der Waals surface area contributed by atoms with Crippen molar-refractivity contribution in [3.8, 4) is 5.75 Å². The number of carbonyl (C=O) groups excluding carboxylic acids is 2. The number of quaternary nitrogens is 1. The molecule has 10 heteroatoms. The molecule has 0 heterocycles. The molecule has 0 saturated heterocycles. The topological polar surface area (TPSA) is 111 Å². The minimum Gasteiger partial charge on any atom is -1.00 e. The fourth-order valence-corrected chi connectivity index (χ4v) is 2.93. The molecule has 0 aliphatic rings. The van der Waals surface area contributed by atoms with E-state index in [4.69, 9.17) is 4.74 Å². The zero-order valence-corrected chi connectivity index (χ0v) is 16.4. The zero-order chi connectivity index (χ0) is 19.4. The van der Waals surface area contributed by atoms with E-state index >= 15 is 0 Å². The minimum atomic E-state index is -0.450. The van der Waals surface area contributed by atoms with Gasteiger partial charge >= 0.3 is 5.69 Å². The van der Waals surface area contributed by atoms with Gasteiger partial charge in [0.05, 0.1) is 32.2 Å². The number of ether oxygens (including phenoxy) is 1. The van der Waals surface area contributed by atoms with Crippen LogP contribution in [0.5, 0.6) is 5.75 Å². The number of benzene rings is 1. The summed E-state index contributed by atoms with van der Waals surface area (Å²) >= 11 is 0. The van der Waals surface area contributed by atoms with Crippen molar-refractivity contribution in [2.24, 2.45) is 0 Å². The van der Waals surface area contributed by atoms with E-state index in [1.54, 1.807) is 12.1 Å². The number of methoxy groups -OCH3 is 1. The van der Waals surface area contributed by atoms with Crippen LogP contribution in [0.4, 0.5) is 5.69 Å². The van der Waals surface area contributed by atoms with E-state index in [0.717, 1.165) is 31.5 Å². The van der Waals surface area contributed by atoms with Crippen molar-refractivity contribution in [3.05, 3.63) is 33.9 Å². The molecular weight excluding hydrogens is 376 g/mol. The first-order valence-electron chi connectivity index (χ1n) is 8.44. The lowest BCUT2D eigenvalue weighted by Crippen LogP contribution is -3.00. The number of nitrogens with one attached hydrogen (secondary N) is 2. The number of nitrogens with zero attached hydrogens (tertiary/aromatic N) is 2. The number of carbonyl (C=O) groups is 2. The molecule has 27 heavy (non-hydrogen) atoms. The largest absolute Gasteiger partial charge is 1.00 e. The number of nitro benzene ring substituents is 1. The van der Waals surface area contributed by atoms with Gasteiger partial charge in [0.25, 0.3) is 0 Å². The molecule has 0 spiro atoms. The normalized spacial score (nSPS) is 10.4. The summed E-state index contributed by atoms with van der Waals surface area (Å²) in [5.74, 6) is 0.235. The number of nitro groups is 1. The van der Waals surface area contributed by atoms with Gasteiger partial charge in [0.2, 0.25) is 12.8 Å². The van der Waals surface area contributed by atoms with Crippen molar-refractivity contribution in [2.75, 3.05) is 40.3 Å². The smallest absolute Gasteiger partial charge is 0.311 e. The van der Waals surface area contributed by atoms with Gasteiger partial charge in [0.1, 0.15) is 6.54 Å². The third-order valence-electron chi connectivity index (χ3n) is 4.21. The van der Waals surface area contributed by atoms with E-state index < -0.39 is 4.92 Å². The Labute approximate surface area is 165 Å². The number of hydrogen-bond acceptors (Lipinski definition) is 5. The second-order valence-electron chi connectivity index (χ2n) is 6.34. The van der Waals surface area contributed by atoms with Crippen LogP contribution < -0.4 is 27.8 Å². The Balaban J connectivity index is 0.00000676. The van der Waals surface area contributed by atoms with Crippen LogP contribution in [0.15, 0.2) is 18.2 Å². The zero-order valence-electron chi connectivity index (χ0n) is 15.7. The molecule has 0 saturated carbocycles. The van der Waals surface area contributed by atoms with Crippen LogP contribution in [0.25, 0.3) is 0 Å². The van der Waals surface area contributed by atoms with Gasteiger partial charge in [0, 0.05) is 37.6 Å². The van der Waals surface area contributed by atoms with Gasteiger partial charge in [-0.05, 0) is 12.1 Å². The Morgan fingerprint density at radius 1 is 1.15 bits per heavy atom. The van der Waals surface area contributed by atoms with Crippen molar-refractivity contribution in [3.63, 3.8) is 0 Å². The lowest BCUT2D eigenvalue weighted by Gasteiger charge is -2.35. The Morgan fingerprint density at radius 3 is 2.15 bits per heavy atom. The highest BCUT2D eigenvalue weighted by Gasteiger charge is 2.24. The maximum atomic E-state index is 11.2. The van der Waals surface area contributed by atoms with Gasteiger partial charge in [-0.25, -0.2) is 0 Å². The monoisotopic (exact) mass is 402 g/mol. The summed E-state index contributed by atoms with van der Waals surface area (Å²) in [7, 11) is 3.47. The molecule has 0 aliphatic carbocycles. The summed E-state index contributed by atoms with van der Waals surface area (Å²) in [5.41, 5.74) is 0.786. The fraction of sp³-hybridized carbons (Fsp3) is 0.529. The van der Waals surface area contributed by atoms with Crippen molar-refractivity contribution in [2.45, 2.75) is 19.4 Å². The number of hydrogen-bond donors (Lipinski definition) is 2. The first-order chi connectivity index (χ1) is 12.5. The summed E-state index contributed by atoms with van der Waals surface area (Å²) < 4.78 is 5.69. The Bertz CT molecular complexity index is 599. The lowest BCUT2D eigenvalue weighted by atomic mass is 10.1. The predicted molar refractivity (Wildman–Crippen MR) is 96.6 cm³/mol. The van der Waals surface area contributed by atoms with Gasteiger partial charge in [-0.3, -0.25) is 19.7 Å². The number of halogens is 1. The van der Waals surface area contributed by atoms with E-state index in [-0.39, 0.29) is 23.8 Å². The summed E-state index contributed by atoms with van der Waals surface area (Å²) in [6.45, 7) is 3.34. The van der Waals surface area contributed by atoms with Crippen molar-refractivity contribution in [1.82, 2.24) is 10.6 Å². The molecule has 1 aromatic carbocycles. The van der Waals surface area contributed by atoms with Crippen molar-refractivity contribution in [1.29, 1.82) is 0 Å². The maximum Gasteiger partial charge on any atom is 0.311 e. The summed E-state index contributed by atoms with van der Waals surface area (Å²) in [5, 5.41) is 16.5. The molecule has 0 aromatic heterocycles. The van der Waals surface area contributed by atoms with Crippen LogP contribution >= 0.6 is 0 Å². The van der Waals surface area contributed by atoms with E-state index in [1.165, 1.54) is 7.11 Å². The van der Waals surface area contributed by atoms with Gasteiger partial charge in [0.15, 0.2) is 5.75 Å². The molecule has 152 valence electrons. The van der Waals surface area contributed by atoms with E-state index in [9.17, 15) is 19.7 Å². The number of rotatable bonds is 14. The van der Waals surface area contributed by atoms with Crippen LogP contribution in [0.2, 0.25) is 0 Å². The van der Waals surface area contributed by atoms with Crippen LogP contribution in [0, 0.1) is 10.1 Å². The van der Waals surface area contributed by atoms with Gasteiger partial charge < -0.3 is 32.3 Å². The van der Waals surface area contributed by atoms with Crippen LogP contribution in [0.1, 0.15) is 18.4 Å². The SMILES string of the molecule is COc1ccc(C[N+](C)(CCCNC=O)CCCNC=O)cc1[N+](=O)[O-].[Cl-]. The highest BCUT2D eigenvalue weighted by molar-refractivity contribution is 5.48. The molecule has 0 radical (unpaired) electrons. The van der Waals surface area contributed by atoms with Crippen LogP contribution in [-0.2, 0) is 16.1 Å². The molecule has 0 bridgehead atoms. The number of amides is 2. The Morgan fingerprint density at radius 2 is 1.70 bits per heavy atom. The van der Waals surface area contributed by atoms with Gasteiger partial charge in [-0.1, -0.05) is 0 Å². The fourth-order valence-electron chi connectivity index (χ4n) is 2.93. The van der Waals surface area contributed by atoms with Crippen LogP contribution in [0.3, 0.4) is 0 Å². The maximum absolute atomic E-state index is 11.2. The standard InChI is InChI=1S/C17H26N4O5.ClH/c1-21(9-3-7-18-13-22,10-4-8-19-14-23)12-15-5-6-17(26-2)16(11-15)20(24)25;/h5-6,11,13-14H,3-4,7-10,12H2,1-2H3,(H-,18,19,22,23);1H. The molecule has 1 aromatic rings. The van der Waals surface area contributed by atoms with E-state index in [1.807, 2.05) is 6.07 Å². The molecule has 9 nitrogen and oxygen atoms in total. The Hall–Kier alpha value is -2.39. The average Bonchev–Trinajstić information content (AvgIpc) is 2.62. The molecule has 2 amide bonds. The second kappa shape index (κ2) is 12.9. The molecule has 0 atom stereocenters. The summed E-state index contributed by atoms with van der Waals surface area (Å²) in [6.07, 6.45) is 2.92. The third kappa shape index (κ3) is 8.69. The van der Waals surface area contributed by atoms with Crippen molar-refractivity contribution < 1.29 is 36.1 Å². The van der Waals surface area contributed by atoms with Crippen LogP contribution in [-0.4, -0.2) is 62.6 Å². The summed E-state index contributed by atoms with van der Waals surface area (Å²) in [4.78, 5) is 31.6. The summed E-state index contributed by atoms with van der Waals surface area (Å²) in [6, 6.07) is 4.98. The lowest BCUT2D eigenvalue weighted by molar-refractivity contribution is -0.922. The second-order valence-corrected chi connectivity index (χ2v) is 6.34. The van der Waals surface area contributed by atoms with Crippen molar-refractivity contribution >= 4 is 18.5 Å². The molecule has 0 fully saturated rings. The average molecular weight is 403 g/mol. The Kier molecular flexibility index (Phi) is 11.7. The van der Waals surface area contributed by atoms with E-state index in [0.29, 0.717) is 36.9 Å². The highest BCUT2D eigenvalue weighted by atomic mass is 35.5. The first-order valence-corrected chi connectivity index (χ1v) is 8.44. The predicted octanol–water partition coefficient (Wildman–Crippen LogP) is -2.17. The molecular formula is C17H27ClN4O5. The molecule has 2 N–H and O–H groups in total. The first kappa shape index (κ1) is 24.6. The molecule has 0 aliphatic heterocycles. The van der Waals surface area contributed by atoms with Gasteiger partial charge in [-0.2, -0.15) is 0 Å². The highest BCUT2D eigenvalue weighted by Crippen LogP contribution is 2.28. The third-order valence-corrected chi connectivity index (χ3v) is 4.21. The van der Waals surface area contributed by atoms with E-state index in [2.05, 4.69) is 17.7 Å². The molecule has 0 unspecified atom stereocenters.